The van der Waals surface area contributed by atoms with Crippen LogP contribution < -0.4 is 14.8 Å². The third-order valence-electron chi connectivity index (χ3n) is 6.89. The van der Waals surface area contributed by atoms with Gasteiger partial charge in [-0.3, -0.25) is 9.59 Å². The van der Waals surface area contributed by atoms with Crippen LogP contribution in [0.25, 0.3) is 0 Å². The summed E-state index contributed by atoms with van der Waals surface area (Å²) in [5.74, 6) is -1.42. The highest BCUT2D eigenvalue weighted by Crippen LogP contribution is 2.30. The second kappa shape index (κ2) is 17.5. The molecule has 11 heteroatoms. The average molecular weight is 582 g/mol. The number of hydrogen-bond donors (Lipinski definition) is 2. The van der Waals surface area contributed by atoms with Gasteiger partial charge in [-0.1, -0.05) is 53.5 Å². The number of ether oxygens (including phenoxy) is 5. The number of carbonyl (C=O) groups is 4. The van der Waals surface area contributed by atoms with Crippen molar-refractivity contribution in [3.8, 4) is 11.5 Å². The van der Waals surface area contributed by atoms with Crippen molar-refractivity contribution in [1.29, 1.82) is 0 Å². The van der Waals surface area contributed by atoms with Gasteiger partial charge in [0.15, 0.2) is 11.5 Å². The number of hydrogen-bond acceptors (Lipinski definition) is 10. The van der Waals surface area contributed by atoms with Crippen LogP contribution in [-0.2, 0) is 30.2 Å². The molecule has 0 aliphatic heterocycles. The lowest BCUT2D eigenvalue weighted by molar-refractivity contribution is -0.158. The highest BCUT2D eigenvalue weighted by molar-refractivity contribution is 5.76. The largest absolute Gasteiger partial charge is 0.513 e. The molecule has 0 amide bonds. The summed E-state index contributed by atoms with van der Waals surface area (Å²) in [5.41, 5.74) is -0.163. The number of benzene rings is 1. The van der Waals surface area contributed by atoms with Gasteiger partial charge in [0.05, 0.1) is 18.6 Å². The second-order valence-corrected chi connectivity index (χ2v) is 11.1. The first-order valence-corrected chi connectivity index (χ1v) is 14.2. The minimum absolute atomic E-state index is 0.00648. The molecule has 1 aromatic rings. The first-order chi connectivity index (χ1) is 19.2. The van der Waals surface area contributed by atoms with Crippen LogP contribution in [0.15, 0.2) is 18.2 Å². The third-order valence-corrected chi connectivity index (χ3v) is 6.89. The zero-order valence-electron chi connectivity index (χ0n) is 25.6. The van der Waals surface area contributed by atoms with Gasteiger partial charge in [0.25, 0.3) is 0 Å². The zero-order valence-corrected chi connectivity index (χ0v) is 25.6. The van der Waals surface area contributed by atoms with E-state index in [9.17, 15) is 24.3 Å². The standard InChI is InChI=1S/C30H47NO10/c1-9-19(4)17-37-28(35)40-24-13-12-22(15-25(24)41-29(36)38-18-20(5)10-2)14-23(26(32)33)31-16-21(6)39-27(34)30(7,8)11-3/h12-13,15,19-21,23,31H,9-11,14,16-18H2,1-8H3,(H,32,33)/t19?,20?,21?,23-/m0/s1. The van der Waals surface area contributed by atoms with Gasteiger partial charge in [0, 0.05) is 6.54 Å². The van der Waals surface area contributed by atoms with Gasteiger partial charge < -0.3 is 34.1 Å². The fourth-order valence-electron chi connectivity index (χ4n) is 3.06. The number of aliphatic carboxylic acids is 1. The Morgan fingerprint density at radius 1 is 0.878 bits per heavy atom. The van der Waals surface area contributed by atoms with Crippen molar-refractivity contribution in [3.63, 3.8) is 0 Å². The Bertz CT molecular complexity index is 1010. The summed E-state index contributed by atoms with van der Waals surface area (Å²) < 4.78 is 26.4. The van der Waals surface area contributed by atoms with Crippen LogP contribution in [-0.4, -0.2) is 61.3 Å². The number of esters is 1. The topological polar surface area (TPSA) is 147 Å². The minimum Gasteiger partial charge on any atom is -0.480 e. The van der Waals surface area contributed by atoms with E-state index < -0.39 is 35.8 Å². The summed E-state index contributed by atoms with van der Waals surface area (Å²) in [6.45, 7) is 15.3. The predicted octanol–water partition coefficient (Wildman–Crippen LogP) is 5.76. The van der Waals surface area contributed by atoms with Crippen LogP contribution in [0.5, 0.6) is 11.5 Å². The van der Waals surface area contributed by atoms with Crippen LogP contribution in [0, 0.1) is 17.3 Å². The first kappa shape index (κ1) is 35.7. The van der Waals surface area contributed by atoms with E-state index in [1.165, 1.54) is 12.1 Å². The van der Waals surface area contributed by atoms with E-state index in [0.29, 0.717) is 12.0 Å². The summed E-state index contributed by atoms with van der Waals surface area (Å²) in [4.78, 5) is 48.9. The molecule has 232 valence electrons. The summed E-state index contributed by atoms with van der Waals surface area (Å²) in [6.07, 6.45) is -0.297. The maximum absolute atomic E-state index is 12.4. The molecule has 0 fully saturated rings. The van der Waals surface area contributed by atoms with Crippen molar-refractivity contribution in [2.45, 2.75) is 93.2 Å². The Morgan fingerprint density at radius 3 is 1.90 bits per heavy atom. The lowest BCUT2D eigenvalue weighted by atomic mass is 9.90. The molecule has 0 spiro atoms. The molecule has 0 aromatic heterocycles. The van der Waals surface area contributed by atoms with Crippen molar-refractivity contribution in [2.75, 3.05) is 19.8 Å². The van der Waals surface area contributed by atoms with Crippen molar-refractivity contribution in [3.05, 3.63) is 23.8 Å². The van der Waals surface area contributed by atoms with Gasteiger partial charge in [-0.2, -0.15) is 0 Å². The molecular weight excluding hydrogens is 534 g/mol. The molecule has 0 aliphatic carbocycles. The first-order valence-electron chi connectivity index (χ1n) is 14.2. The number of nitrogens with one attached hydrogen (secondary N) is 1. The van der Waals surface area contributed by atoms with Gasteiger partial charge >= 0.3 is 24.2 Å². The Hall–Kier alpha value is -3.34. The molecule has 0 radical (unpaired) electrons. The normalized spacial score (nSPS) is 14.2. The van der Waals surface area contributed by atoms with Crippen LogP contribution in [0.1, 0.15) is 80.2 Å². The van der Waals surface area contributed by atoms with Crippen LogP contribution >= 0.6 is 0 Å². The fraction of sp³-hybridized carbons (Fsp3) is 0.667. The highest BCUT2D eigenvalue weighted by Gasteiger charge is 2.29. The van der Waals surface area contributed by atoms with Gasteiger partial charge in [-0.25, -0.2) is 9.59 Å². The summed E-state index contributed by atoms with van der Waals surface area (Å²) in [7, 11) is 0. The second-order valence-electron chi connectivity index (χ2n) is 11.1. The summed E-state index contributed by atoms with van der Waals surface area (Å²) in [5, 5.41) is 12.7. The minimum atomic E-state index is -1.12. The van der Waals surface area contributed by atoms with E-state index in [1.807, 2.05) is 34.6 Å². The predicted molar refractivity (Wildman–Crippen MR) is 152 cm³/mol. The summed E-state index contributed by atoms with van der Waals surface area (Å²) in [6, 6.07) is 3.31. The lowest BCUT2D eigenvalue weighted by Crippen LogP contribution is -2.43. The monoisotopic (exact) mass is 581 g/mol. The quantitative estimate of drug-likeness (QED) is 0.131. The van der Waals surface area contributed by atoms with Crippen LogP contribution in [0.4, 0.5) is 9.59 Å². The smallest absolute Gasteiger partial charge is 0.480 e. The molecule has 1 aromatic carbocycles. The zero-order chi connectivity index (χ0) is 31.2. The van der Waals surface area contributed by atoms with E-state index in [1.54, 1.807) is 26.8 Å². The molecule has 1 rings (SSSR count). The molecule has 11 nitrogen and oxygen atoms in total. The highest BCUT2D eigenvalue weighted by atomic mass is 16.7. The lowest BCUT2D eigenvalue weighted by Gasteiger charge is -2.24. The van der Waals surface area contributed by atoms with Gasteiger partial charge in [-0.15, -0.1) is 0 Å². The van der Waals surface area contributed by atoms with Crippen molar-refractivity contribution < 1.29 is 48.0 Å². The van der Waals surface area contributed by atoms with E-state index >= 15 is 0 Å². The molecule has 0 aliphatic rings. The Kier molecular flexibility index (Phi) is 15.2. The molecule has 4 atom stereocenters. The Morgan fingerprint density at radius 2 is 1.41 bits per heavy atom. The molecule has 0 saturated heterocycles. The maximum Gasteiger partial charge on any atom is 0.513 e. The SMILES string of the molecule is CCC(C)COC(=O)Oc1ccc(C[C@H](NCC(C)OC(=O)C(C)(C)CC)C(=O)O)cc1OC(=O)OCC(C)CC. The van der Waals surface area contributed by atoms with E-state index in [0.717, 1.165) is 12.8 Å². The van der Waals surface area contributed by atoms with Gasteiger partial charge in [0.1, 0.15) is 12.1 Å². The van der Waals surface area contributed by atoms with Crippen LogP contribution in [0.3, 0.4) is 0 Å². The number of carboxylic acid groups (broad SMARTS) is 1. The van der Waals surface area contributed by atoms with Gasteiger partial charge in [-0.05, 0) is 63.1 Å². The summed E-state index contributed by atoms with van der Waals surface area (Å²) >= 11 is 0. The van der Waals surface area contributed by atoms with Crippen LogP contribution in [0.2, 0.25) is 0 Å². The molecule has 0 heterocycles. The van der Waals surface area contributed by atoms with Gasteiger partial charge in [0.2, 0.25) is 0 Å². The van der Waals surface area contributed by atoms with E-state index in [-0.39, 0.29) is 55.5 Å². The maximum atomic E-state index is 12.4. The molecule has 41 heavy (non-hydrogen) atoms. The van der Waals surface area contributed by atoms with E-state index in [4.69, 9.17) is 23.7 Å². The molecule has 3 unspecified atom stereocenters. The number of carboxylic acids is 1. The fourth-order valence-corrected chi connectivity index (χ4v) is 3.06. The Labute approximate surface area is 243 Å². The number of rotatable bonds is 17. The molecule has 0 saturated carbocycles. The van der Waals surface area contributed by atoms with Crippen molar-refractivity contribution in [1.82, 2.24) is 5.32 Å². The average Bonchev–Trinajstić information content (AvgIpc) is 2.93. The Balaban J connectivity index is 3.03. The molecule has 0 bridgehead atoms. The molecular formula is C30H47NO10. The van der Waals surface area contributed by atoms with Crippen molar-refractivity contribution in [2.24, 2.45) is 17.3 Å². The van der Waals surface area contributed by atoms with E-state index in [2.05, 4.69) is 5.32 Å². The van der Waals surface area contributed by atoms with Crippen molar-refractivity contribution >= 4 is 24.2 Å². The third kappa shape index (κ3) is 13.2. The molecule has 2 N–H and O–H groups in total. The number of carbonyl (C=O) groups excluding carboxylic acids is 3.